The Labute approximate surface area is 160 Å². The van der Waals surface area contributed by atoms with Crippen LogP contribution in [0.3, 0.4) is 0 Å². The van der Waals surface area contributed by atoms with Gasteiger partial charge in [-0.25, -0.2) is 0 Å². The summed E-state index contributed by atoms with van der Waals surface area (Å²) in [7, 11) is 0. The largest absolute Gasteiger partial charge is 0.484 e. The van der Waals surface area contributed by atoms with Crippen molar-refractivity contribution in [1.29, 1.82) is 0 Å². The number of rotatable bonds is 7. The van der Waals surface area contributed by atoms with Gasteiger partial charge in [0, 0.05) is 12.1 Å². The number of ether oxygens (including phenoxy) is 1. The number of nitrogens with one attached hydrogen (secondary N) is 2. The molecule has 1 amide bonds. The quantitative estimate of drug-likeness (QED) is 0.407. The van der Waals surface area contributed by atoms with E-state index in [0.717, 1.165) is 31.0 Å². The Hall–Kier alpha value is -2.96. The van der Waals surface area contributed by atoms with Crippen LogP contribution in [0.25, 0.3) is 0 Å². The minimum atomic E-state index is -4.58. The van der Waals surface area contributed by atoms with Crippen LogP contribution in [0, 0.1) is 14.9 Å². The van der Waals surface area contributed by atoms with Gasteiger partial charge in [-0.2, -0.15) is 18.3 Å². The molecule has 1 aliphatic rings. The van der Waals surface area contributed by atoms with Gasteiger partial charge in [0.2, 0.25) is 0 Å². The number of benzene rings is 1. The predicted octanol–water partition coefficient (Wildman–Crippen LogP) is 3.05. The first-order valence-corrected chi connectivity index (χ1v) is 8.48. The van der Waals surface area contributed by atoms with Crippen LogP contribution in [0.4, 0.5) is 18.9 Å². The van der Waals surface area contributed by atoms with Crippen molar-refractivity contribution in [1.82, 2.24) is 20.1 Å². The van der Waals surface area contributed by atoms with Crippen molar-refractivity contribution in [2.75, 3.05) is 6.61 Å². The summed E-state index contributed by atoms with van der Waals surface area (Å²) in [4.78, 5) is 22.8. The van der Waals surface area contributed by atoms with Gasteiger partial charge in [0.05, 0.1) is 11.5 Å². The first-order chi connectivity index (χ1) is 13.2. The second-order valence-corrected chi connectivity index (χ2v) is 6.46. The average molecular weight is 417 g/mol. The number of hydrogen-bond acceptors (Lipinski definition) is 6. The van der Waals surface area contributed by atoms with Crippen LogP contribution in [-0.4, -0.2) is 38.4 Å². The molecule has 28 heavy (non-hydrogen) atoms. The number of nitrogens with zero attached hydrogens (tertiary/aromatic N) is 3. The van der Waals surface area contributed by atoms with Crippen LogP contribution < -0.4 is 10.1 Å². The molecule has 150 valence electrons. The summed E-state index contributed by atoms with van der Waals surface area (Å²) in [6.07, 6.45) is -2.72. The summed E-state index contributed by atoms with van der Waals surface area (Å²) in [5.41, 5.74) is -0.977. The van der Waals surface area contributed by atoms with Crippen LogP contribution >= 0.6 is 12.2 Å². The van der Waals surface area contributed by atoms with Crippen LogP contribution in [0.5, 0.6) is 5.75 Å². The number of carbonyl (C=O) groups excluding carboxylic acids is 1. The number of aromatic nitrogens is 3. The van der Waals surface area contributed by atoms with Crippen molar-refractivity contribution in [2.45, 2.75) is 31.6 Å². The standard InChI is InChI=1S/C15H14F3N5O4S/c16-15(17,18)7-27-9-3-4-11(23(25)26)10(5-9)13(24)19-6-12-20-21-14(28)22(12)8-1-2-8/h3-5,8H,1-2,6-7H2,(H,19,24)(H,21,28). The molecule has 2 aromatic rings. The lowest BCUT2D eigenvalue weighted by Gasteiger charge is -2.11. The third kappa shape index (κ3) is 4.65. The van der Waals surface area contributed by atoms with Crippen molar-refractivity contribution >= 4 is 23.8 Å². The second kappa shape index (κ2) is 7.58. The lowest BCUT2D eigenvalue weighted by Crippen LogP contribution is -2.26. The number of carbonyl (C=O) groups is 1. The van der Waals surface area contributed by atoms with Crippen LogP contribution in [-0.2, 0) is 6.54 Å². The number of amides is 1. The maximum absolute atomic E-state index is 12.4. The van der Waals surface area contributed by atoms with Crippen molar-refractivity contribution in [3.05, 3.63) is 44.5 Å². The zero-order chi connectivity index (χ0) is 20.5. The highest BCUT2D eigenvalue weighted by Crippen LogP contribution is 2.35. The molecule has 0 aliphatic heterocycles. The fourth-order valence-electron chi connectivity index (χ4n) is 2.54. The number of nitro benzene ring substituents is 1. The van der Waals surface area contributed by atoms with Crippen molar-refractivity contribution in [3.63, 3.8) is 0 Å². The summed E-state index contributed by atoms with van der Waals surface area (Å²) in [5.74, 6) is -0.706. The van der Waals surface area contributed by atoms with Gasteiger partial charge in [0.15, 0.2) is 17.2 Å². The molecule has 0 saturated heterocycles. The van der Waals surface area contributed by atoms with E-state index >= 15 is 0 Å². The third-order valence-electron chi connectivity index (χ3n) is 3.91. The summed E-state index contributed by atoms with van der Waals surface area (Å²) >= 11 is 5.13. The minimum Gasteiger partial charge on any atom is -0.484 e. The maximum atomic E-state index is 12.4. The SMILES string of the molecule is O=C(NCc1n[nH]c(=S)n1C1CC1)c1cc(OCC(F)(F)F)ccc1[N+](=O)[O-]. The monoisotopic (exact) mass is 417 g/mol. The molecule has 1 saturated carbocycles. The average Bonchev–Trinajstić information content (AvgIpc) is 3.39. The molecule has 1 fully saturated rings. The van der Waals surface area contributed by atoms with Crippen LogP contribution in [0.2, 0.25) is 0 Å². The van der Waals surface area contributed by atoms with Crippen molar-refractivity contribution < 1.29 is 27.6 Å². The molecule has 0 bridgehead atoms. The maximum Gasteiger partial charge on any atom is 0.422 e. The molecule has 0 atom stereocenters. The molecule has 0 radical (unpaired) electrons. The Morgan fingerprint density at radius 3 is 2.79 bits per heavy atom. The molecule has 1 aromatic heterocycles. The summed E-state index contributed by atoms with van der Waals surface area (Å²) in [6, 6.07) is 3.02. The molecule has 9 nitrogen and oxygen atoms in total. The summed E-state index contributed by atoms with van der Waals surface area (Å²) in [6.45, 7) is -1.64. The Morgan fingerprint density at radius 2 is 2.18 bits per heavy atom. The van der Waals surface area contributed by atoms with E-state index in [0.29, 0.717) is 10.6 Å². The zero-order valence-electron chi connectivity index (χ0n) is 14.2. The summed E-state index contributed by atoms with van der Waals surface area (Å²) in [5, 5.41) is 20.3. The van der Waals surface area contributed by atoms with E-state index < -0.39 is 34.9 Å². The third-order valence-corrected chi connectivity index (χ3v) is 4.20. The van der Waals surface area contributed by atoms with E-state index in [1.54, 1.807) is 4.57 Å². The fraction of sp³-hybridized carbons (Fsp3) is 0.400. The number of hydrogen-bond donors (Lipinski definition) is 2. The van der Waals surface area contributed by atoms with Gasteiger partial charge < -0.3 is 10.1 Å². The van der Waals surface area contributed by atoms with E-state index in [-0.39, 0.29) is 18.3 Å². The van der Waals surface area contributed by atoms with E-state index in [9.17, 15) is 28.1 Å². The predicted molar refractivity (Wildman–Crippen MR) is 91.5 cm³/mol. The Bertz CT molecular complexity index is 967. The highest BCUT2D eigenvalue weighted by Gasteiger charge is 2.30. The van der Waals surface area contributed by atoms with E-state index in [2.05, 4.69) is 20.3 Å². The van der Waals surface area contributed by atoms with Gasteiger partial charge in [-0.15, -0.1) is 0 Å². The Balaban J connectivity index is 1.77. The molecule has 0 spiro atoms. The summed E-state index contributed by atoms with van der Waals surface area (Å²) < 4.78 is 43.6. The smallest absolute Gasteiger partial charge is 0.422 e. The molecular formula is C15H14F3N5O4S. The number of alkyl halides is 3. The first-order valence-electron chi connectivity index (χ1n) is 8.07. The molecular weight excluding hydrogens is 403 g/mol. The highest BCUT2D eigenvalue weighted by molar-refractivity contribution is 7.71. The van der Waals surface area contributed by atoms with Crippen molar-refractivity contribution in [3.8, 4) is 5.75 Å². The molecule has 2 N–H and O–H groups in total. The molecule has 13 heteroatoms. The number of halogens is 3. The minimum absolute atomic E-state index is 0.0622. The van der Waals surface area contributed by atoms with Gasteiger partial charge >= 0.3 is 6.18 Å². The topological polar surface area (TPSA) is 115 Å². The van der Waals surface area contributed by atoms with E-state index in [4.69, 9.17) is 12.2 Å². The second-order valence-electron chi connectivity index (χ2n) is 6.07. The first kappa shape index (κ1) is 19.8. The Morgan fingerprint density at radius 1 is 1.46 bits per heavy atom. The molecule has 0 unspecified atom stereocenters. The molecule has 3 rings (SSSR count). The Kier molecular flexibility index (Phi) is 5.36. The van der Waals surface area contributed by atoms with E-state index in [1.165, 1.54) is 0 Å². The fourth-order valence-corrected chi connectivity index (χ4v) is 2.84. The zero-order valence-corrected chi connectivity index (χ0v) is 15.0. The normalized spacial score (nSPS) is 14.0. The van der Waals surface area contributed by atoms with Crippen LogP contribution in [0.1, 0.15) is 35.1 Å². The highest BCUT2D eigenvalue weighted by atomic mass is 32.1. The molecule has 1 aliphatic carbocycles. The lowest BCUT2D eigenvalue weighted by molar-refractivity contribution is -0.385. The van der Waals surface area contributed by atoms with Gasteiger partial charge in [-0.3, -0.25) is 24.6 Å². The lowest BCUT2D eigenvalue weighted by atomic mass is 10.1. The van der Waals surface area contributed by atoms with Gasteiger partial charge in [0.25, 0.3) is 11.6 Å². The van der Waals surface area contributed by atoms with Gasteiger partial charge in [0.1, 0.15) is 11.3 Å². The number of nitro groups is 1. The van der Waals surface area contributed by atoms with Crippen molar-refractivity contribution in [2.24, 2.45) is 0 Å². The number of H-pyrrole nitrogens is 1. The van der Waals surface area contributed by atoms with Crippen LogP contribution in [0.15, 0.2) is 18.2 Å². The van der Waals surface area contributed by atoms with Gasteiger partial charge in [-0.05, 0) is 37.2 Å². The number of aromatic amines is 1. The van der Waals surface area contributed by atoms with Gasteiger partial charge in [-0.1, -0.05) is 0 Å². The molecule has 1 aromatic carbocycles. The molecule has 1 heterocycles. The van der Waals surface area contributed by atoms with E-state index in [1.807, 2.05) is 0 Å².